The molecule has 102 valence electrons. The molecular weight excluding hydrogens is 250 g/mol. The van der Waals surface area contributed by atoms with Crippen molar-refractivity contribution >= 4 is 16.2 Å². The molecule has 0 aliphatic heterocycles. The number of carbonyl (C=O) groups is 1. The second-order valence-electron chi connectivity index (χ2n) is 4.60. The highest BCUT2D eigenvalue weighted by atomic mass is 32.2. The molecule has 1 amide bonds. The van der Waals surface area contributed by atoms with Gasteiger partial charge in [0, 0.05) is 0 Å². The second-order valence-corrected chi connectivity index (χ2v) is 6.17. The lowest BCUT2D eigenvalue weighted by atomic mass is 10.2. The van der Waals surface area contributed by atoms with Gasteiger partial charge in [-0.2, -0.15) is 8.42 Å². The summed E-state index contributed by atoms with van der Waals surface area (Å²) in [5.41, 5.74) is -0.673. The molecular formula is C9H19NO6S. The molecule has 0 spiro atoms. The van der Waals surface area contributed by atoms with Gasteiger partial charge in [0.1, 0.15) is 5.60 Å². The van der Waals surface area contributed by atoms with Crippen LogP contribution in [0, 0.1) is 0 Å². The van der Waals surface area contributed by atoms with Gasteiger partial charge >= 0.3 is 6.09 Å². The van der Waals surface area contributed by atoms with Gasteiger partial charge in [0.25, 0.3) is 10.1 Å². The van der Waals surface area contributed by atoms with E-state index in [0.717, 1.165) is 0 Å². The van der Waals surface area contributed by atoms with Gasteiger partial charge in [-0.25, -0.2) is 4.79 Å². The Morgan fingerprint density at radius 1 is 1.41 bits per heavy atom. The summed E-state index contributed by atoms with van der Waals surface area (Å²) in [6, 6.07) is -0.772. The number of carbonyl (C=O) groups excluding carboxylic acids is 1. The van der Waals surface area contributed by atoms with Crippen molar-refractivity contribution in [1.82, 2.24) is 5.32 Å². The van der Waals surface area contributed by atoms with Gasteiger partial charge in [-0.15, -0.1) is 0 Å². The van der Waals surface area contributed by atoms with Gasteiger partial charge < -0.3 is 15.2 Å². The number of hydrogen-bond donors (Lipinski definition) is 3. The molecule has 0 radical (unpaired) electrons. The molecule has 0 rings (SSSR count). The number of ether oxygens (including phenoxy) is 1. The zero-order chi connectivity index (χ0) is 13.7. The predicted octanol–water partition coefficient (Wildman–Crippen LogP) is 0.150. The average Bonchev–Trinajstić information content (AvgIpc) is 2.07. The molecule has 0 fully saturated rings. The third-order valence-electron chi connectivity index (χ3n) is 1.67. The second kappa shape index (κ2) is 6.18. The Morgan fingerprint density at radius 2 is 1.94 bits per heavy atom. The fourth-order valence-electron chi connectivity index (χ4n) is 0.975. The quantitative estimate of drug-likeness (QED) is 0.612. The Labute approximate surface area is 101 Å². The molecule has 0 aliphatic rings. The summed E-state index contributed by atoms with van der Waals surface area (Å²) in [5.74, 6) is -0.534. The molecule has 0 saturated carbocycles. The largest absolute Gasteiger partial charge is 0.444 e. The van der Waals surface area contributed by atoms with Crippen LogP contribution in [0.5, 0.6) is 0 Å². The minimum Gasteiger partial charge on any atom is -0.444 e. The maximum absolute atomic E-state index is 11.3. The molecule has 0 aromatic rings. The van der Waals surface area contributed by atoms with E-state index < -0.39 is 40.2 Å². The van der Waals surface area contributed by atoms with Crippen LogP contribution in [-0.2, 0) is 14.9 Å². The van der Waals surface area contributed by atoms with Gasteiger partial charge in [0.2, 0.25) is 0 Å². The van der Waals surface area contributed by atoms with E-state index >= 15 is 0 Å². The van der Waals surface area contributed by atoms with Crippen LogP contribution in [0.25, 0.3) is 0 Å². The standard InChI is InChI=1S/C9H19NO6S/c1-9(2,3)16-8(12)10-7(6-11)4-5-17(13,14)15/h7,11H,4-6H2,1-3H3,(H,10,12)(H,13,14,15)/t7-/m0/s1. The van der Waals surface area contributed by atoms with Crippen molar-refractivity contribution in [2.75, 3.05) is 12.4 Å². The minimum atomic E-state index is -4.10. The van der Waals surface area contributed by atoms with Crippen LogP contribution < -0.4 is 5.32 Å². The van der Waals surface area contributed by atoms with Crippen molar-refractivity contribution in [2.45, 2.75) is 38.8 Å². The summed E-state index contributed by atoms with van der Waals surface area (Å²) < 4.78 is 34.5. The van der Waals surface area contributed by atoms with Crippen LogP contribution in [0.4, 0.5) is 4.79 Å². The number of rotatable bonds is 5. The molecule has 7 nitrogen and oxygen atoms in total. The zero-order valence-corrected chi connectivity index (χ0v) is 11.0. The lowest BCUT2D eigenvalue weighted by molar-refractivity contribution is 0.0481. The van der Waals surface area contributed by atoms with E-state index in [9.17, 15) is 13.2 Å². The van der Waals surface area contributed by atoms with E-state index in [4.69, 9.17) is 14.4 Å². The zero-order valence-electron chi connectivity index (χ0n) is 10.1. The van der Waals surface area contributed by atoms with Crippen LogP contribution in [-0.4, -0.2) is 48.2 Å². The predicted molar refractivity (Wildman–Crippen MR) is 61.3 cm³/mol. The van der Waals surface area contributed by atoms with Crippen LogP contribution in [0.3, 0.4) is 0 Å². The van der Waals surface area contributed by atoms with Gasteiger partial charge in [-0.1, -0.05) is 0 Å². The number of aliphatic hydroxyl groups excluding tert-OH is 1. The molecule has 0 heterocycles. The van der Waals surface area contributed by atoms with E-state index in [1.165, 1.54) is 0 Å². The maximum atomic E-state index is 11.3. The van der Waals surface area contributed by atoms with Crippen LogP contribution in [0.1, 0.15) is 27.2 Å². The highest BCUT2D eigenvalue weighted by Crippen LogP contribution is 2.07. The molecule has 1 atom stereocenters. The number of aliphatic hydroxyl groups is 1. The number of alkyl carbamates (subject to hydrolysis) is 1. The lowest BCUT2D eigenvalue weighted by Crippen LogP contribution is -2.41. The topological polar surface area (TPSA) is 113 Å². The van der Waals surface area contributed by atoms with Gasteiger partial charge in [0.05, 0.1) is 18.4 Å². The third-order valence-corrected chi connectivity index (χ3v) is 2.42. The molecule has 0 aromatic heterocycles. The fraction of sp³-hybridized carbons (Fsp3) is 0.889. The third kappa shape index (κ3) is 10.0. The SMILES string of the molecule is CC(C)(C)OC(=O)N[C@H](CO)CCS(=O)(=O)O. The number of amides is 1. The normalized spacial score (nSPS) is 14.2. The Bertz CT molecular complexity index is 345. The van der Waals surface area contributed by atoms with E-state index in [2.05, 4.69) is 5.32 Å². The van der Waals surface area contributed by atoms with Crippen molar-refractivity contribution in [2.24, 2.45) is 0 Å². The Hall–Kier alpha value is -0.860. The van der Waals surface area contributed by atoms with E-state index in [1.807, 2.05) is 0 Å². The van der Waals surface area contributed by atoms with E-state index in [1.54, 1.807) is 20.8 Å². The Morgan fingerprint density at radius 3 is 2.29 bits per heavy atom. The first kappa shape index (κ1) is 16.1. The summed E-state index contributed by atoms with van der Waals surface area (Å²) in [6.45, 7) is 4.60. The summed E-state index contributed by atoms with van der Waals surface area (Å²) in [5, 5.41) is 11.2. The highest BCUT2D eigenvalue weighted by Gasteiger charge is 2.20. The number of nitrogens with one attached hydrogen (secondary N) is 1. The Kier molecular flexibility index (Phi) is 5.86. The maximum Gasteiger partial charge on any atom is 0.407 e. The van der Waals surface area contributed by atoms with E-state index in [-0.39, 0.29) is 6.42 Å². The molecule has 8 heteroatoms. The first-order valence-corrected chi connectivity index (χ1v) is 6.70. The van der Waals surface area contributed by atoms with E-state index in [0.29, 0.717) is 0 Å². The molecule has 0 unspecified atom stereocenters. The summed E-state index contributed by atoms with van der Waals surface area (Å²) >= 11 is 0. The molecule has 17 heavy (non-hydrogen) atoms. The first-order valence-electron chi connectivity index (χ1n) is 5.09. The number of hydrogen-bond acceptors (Lipinski definition) is 5. The van der Waals surface area contributed by atoms with Crippen molar-refractivity contribution in [3.63, 3.8) is 0 Å². The van der Waals surface area contributed by atoms with Crippen LogP contribution >= 0.6 is 0 Å². The smallest absolute Gasteiger partial charge is 0.407 e. The van der Waals surface area contributed by atoms with Crippen molar-refractivity contribution in [1.29, 1.82) is 0 Å². The summed E-state index contributed by atoms with van der Waals surface area (Å²) in [7, 11) is -4.10. The van der Waals surface area contributed by atoms with Crippen LogP contribution in [0.2, 0.25) is 0 Å². The van der Waals surface area contributed by atoms with Crippen molar-refractivity contribution in [3.05, 3.63) is 0 Å². The first-order chi connectivity index (χ1) is 7.53. The van der Waals surface area contributed by atoms with Crippen LogP contribution in [0.15, 0.2) is 0 Å². The van der Waals surface area contributed by atoms with Gasteiger partial charge in [-0.3, -0.25) is 4.55 Å². The lowest BCUT2D eigenvalue weighted by Gasteiger charge is -2.22. The van der Waals surface area contributed by atoms with Gasteiger partial charge in [-0.05, 0) is 27.2 Å². The molecule has 0 aliphatic carbocycles. The molecule has 3 N–H and O–H groups in total. The van der Waals surface area contributed by atoms with Crippen molar-refractivity contribution < 1.29 is 27.6 Å². The molecule has 0 saturated heterocycles. The van der Waals surface area contributed by atoms with Gasteiger partial charge in [0.15, 0.2) is 0 Å². The summed E-state index contributed by atoms with van der Waals surface area (Å²) in [6.07, 6.45) is -0.832. The highest BCUT2D eigenvalue weighted by molar-refractivity contribution is 7.85. The Balaban J connectivity index is 4.18. The fourth-order valence-corrected chi connectivity index (χ4v) is 1.56. The molecule has 0 bridgehead atoms. The molecule has 0 aromatic carbocycles. The van der Waals surface area contributed by atoms with Crippen molar-refractivity contribution in [3.8, 4) is 0 Å². The average molecular weight is 269 g/mol. The monoisotopic (exact) mass is 269 g/mol. The summed E-state index contributed by atoms with van der Waals surface area (Å²) in [4.78, 5) is 11.3. The minimum absolute atomic E-state index is 0.0887.